The Kier molecular flexibility index (Phi) is 6.11. The topological polar surface area (TPSA) is 76.6 Å². The molecule has 27 heavy (non-hydrogen) atoms. The number of ether oxygens (including phenoxy) is 2. The maximum Gasteiger partial charge on any atom is 0.258 e. The van der Waals surface area contributed by atoms with Gasteiger partial charge in [-0.3, -0.25) is 4.79 Å². The summed E-state index contributed by atoms with van der Waals surface area (Å²) in [4.78, 5) is 23.6. The largest absolute Gasteiger partial charge is 0.493 e. The van der Waals surface area contributed by atoms with Crippen LogP contribution in [0.3, 0.4) is 0 Å². The van der Waals surface area contributed by atoms with Crippen molar-refractivity contribution in [3.8, 4) is 11.5 Å². The summed E-state index contributed by atoms with van der Waals surface area (Å²) in [5, 5.41) is 2.84. The zero-order valence-electron chi connectivity index (χ0n) is 16.1. The highest BCUT2D eigenvalue weighted by atomic mass is 16.5. The predicted molar refractivity (Wildman–Crippen MR) is 105 cm³/mol. The van der Waals surface area contributed by atoms with Gasteiger partial charge in [-0.1, -0.05) is 6.92 Å². The molecule has 1 amide bonds. The molecule has 1 fully saturated rings. The molecule has 7 heteroatoms. The van der Waals surface area contributed by atoms with Gasteiger partial charge < -0.3 is 19.7 Å². The normalized spacial score (nSPS) is 16.7. The molecular formula is C20H26N4O3. The molecule has 1 unspecified atom stereocenters. The second-order valence-electron chi connectivity index (χ2n) is 6.55. The molecule has 7 nitrogen and oxygen atoms in total. The van der Waals surface area contributed by atoms with Crippen molar-refractivity contribution in [1.82, 2.24) is 9.97 Å². The Morgan fingerprint density at radius 3 is 2.59 bits per heavy atom. The van der Waals surface area contributed by atoms with Crippen LogP contribution >= 0.6 is 0 Å². The van der Waals surface area contributed by atoms with Gasteiger partial charge in [0, 0.05) is 36.7 Å². The predicted octanol–water partition coefficient (Wildman–Crippen LogP) is 3.52. The monoisotopic (exact) mass is 370 g/mol. The lowest BCUT2D eigenvalue weighted by Crippen LogP contribution is -2.40. The third-order valence-corrected chi connectivity index (χ3v) is 4.90. The minimum absolute atomic E-state index is 0.264. The number of nitrogens with one attached hydrogen (secondary N) is 1. The van der Waals surface area contributed by atoms with Gasteiger partial charge >= 0.3 is 0 Å². The number of aromatic nitrogens is 2. The third kappa shape index (κ3) is 4.30. The van der Waals surface area contributed by atoms with Crippen LogP contribution in [0.2, 0.25) is 0 Å². The van der Waals surface area contributed by atoms with E-state index in [9.17, 15) is 4.79 Å². The van der Waals surface area contributed by atoms with E-state index in [1.54, 1.807) is 44.8 Å². The fourth-order valence-corrected chi connectivity index (χ4v) is 3.39. The van der Waals surface area contributed by atoms with E-state index >= 15 is 0 Å². The van der Waals surface area contributed by atoms with Crippen molar-refractivity contribution < 1.29 is 14.3 Å². The molecule has 1 aromatic heterocycles. The number of methoxy groups -OCH3 is 2. The first kappa shape index (κ1) is 18.9. The maximum atomic E-state index is 12.5. The molecule has 1 aliphatic rings. The molecule has 2 aromatic rings. The molecule has 0 aliphatic carbocycles. The average Bonchev–Trinajstić information content (AvgIpc) is 2.73. The van der Waals surface area contributed by atoms with E-state index in [-0.39, 0.29) is 5.91 Å². The minimum atomic E-state index is -0.264. The highest BCUT2D eigenvalue weighted by Gasteiger charge is 2.23. The summed E-state index contributed by atoms with van der Waals surface area (Å²) in [6.45, 7) is 3.16. The Morgan fingerprint density at radius 1 is 1.19 bits per heavy atom. The molecule has 0 saturated carbocycles. The van der Waals surface area contributed by atoms with Gasteiger partial charge in [-0.15, -0.1) is 0 Å². The van der Waals surface area contributed by atoms with Gasteiger partial charge in [0.15, 0.2) is 11.5 Å². The molecular weight excluding hydrogens is 344 g/mol. The van der Waals surface area contributed by atoms with Gasteiger partial charge in [0.1, 0.15) is 0 Å². The smallest absolute Gasteiger partial charge is 0.258 e. The molecule has 1 aliphatic heterocycles. The lowest BCUT2D eigenvalue weighted by atomic mass is 10.0. The van der Waals surface area contributed by atoms with Crippen molar-refractivity contribution in [3.63, 3.8) is 0 Å². The van der Waals surface area contributed by atoms with Crippen molar-refractivity contribution >= 4 is 17.5 Å². The Hall–Kier alpha value is -2.83. The molecule has 2 heterocycles. The number of anilines is 2. The minimum Gasteiger partial charge on any atom is -0.493 e. The fraction of sp³-hybridized carbons (Fsp3) is 0.450. The van der Waals surface area contributed by atoms with Gasteiger partial charge in [0.25, 0.3) is 5.91 Å². The summed E-state index contributed by atoms with van der Waals surface area (Å²) in [5.41, 5.74) is 1.03. The van der Waals surface area contributed by atoms with Crippen LogP contribution in [0.15, 0.2) is 30.6 Å². The first-order valence-corrected chi connectivity index (χ1v) is 9.28. The van der Waals surface area contributed by atoms with Crippen LogP contribution in [0.25, 0.3) is 0 Å². The summed E-state index contributed by atoms with van der Waals surface area (Å²) >= 11 is 0. The van der Waals surface area contributed by atoms with E-state index in [0.717, 1.165) is 19.4 Å². The summed E-state index contributed by atoms with van der Waals surface area (Å²) < 4.78 is 10.5. The van der Waals surface area contributed by atoms with Crippen LogP contribution < -0.4 is 19.7 Å². The van der Waals surface area contributed by atoms with Crippen molar-refractivity contribution in [3.05, 3.63) is 36.2 Å². The number of amides is 1. The van der Waals surface area contributed by atoms with E-state index < -0.39 is 0 Å². The third-order valence-electron chi connectivity index (χ3n) is 4.90. The van der Waals surface area contributed by atoms with Crippen LogP contribution in [0, 0.1) is 0 Å². The summed E-state index contributed by atoms with van der Waals surface area (Å²) in [7, 11) is 3.13. The van der Waals surface area contributed by atoms with Gasteiger partial charge in [0.2, 0.25) is 5.95 Å². The first-order chi connectivity index (χ1) is 13.2. The number of hydrogen-bond donors (Lipinski definition) is 1. The number of carbonyl (C=O) groups is 1. The van der Waals surface area contributed by atoms with E-state index in [1.165, 1.54) is 12.8 Å². The Bertz CT molecular complexity index is 779. The molecule has 0 radical (unpaired) electrons. The Labute approximate surface area is 159 Å². The van der Waals surface area contributed by atoms with Crippen LogP contribution in [0.1, 0.15) is 43.0 Å². The van der Waals surface area contributed by atoms with Gasteiger partial charge in [0.05, 0.1) is 19.8 Å². The molecule has 1 N–H and O–H groups in total. The number of rotatable bonds is 6. The zero-order chi connectivity index (χ0) is 19.2. The molecule has 144 valence electrons. The fourth-order valence-electron chi connectivity index (χ4n) is 3.39. The van der Waals surface area contributed by atoms with E-state index in [2.05, 4.69) is 27.1 Å². The van der Waals surface area contributed by atoms with E-state index in [1.807, 2.05) is 0 Å². The summed E-state index contributed by atoms with van der Waals surface area (Å²) in [5.74, 6) is 1.59. The summed E-state index contributed by atoms with van der Waals surface area (Å²) in [6, 6.07) is 5.69. The maximum absolute atomic E-state index is 12.5. The summed E-state index contributed by atoms with van der Waals surface area (Å²) in [6.07, 6.45) is 7.81. The van der Waals surface area contributed by atoms with Crippen molar-refractivity contribution in [2.24, 2.45) is 0 Å². The number of nitrogens with zero attached hydrogens (tertiary/aromatic N) is 3. The molecule has 0 spiro atoms. The van der Waals surface area contributed by atoms with Crippen LogP contribution in [0.5, 0.6) is 11.5 Å². The highest BCUT2D eigenvalue weighted by molar-refractivity contribution is 6.04. The Balaban J connectivity index is 1.70. The van der Waals surface area contributed by atoms with Crippen LogP contribution in [-0.2, 0) is 0 Å². The van der Waals surface area contributed by atoms with Crippen molar-refractivity contribution in [2.45, 2.75) is 38.6 Å². The lowest BCUT2D eigenvalue weighted by Gasteiger charge is -2.35. The standard InChI is InChI=1S/C20H26N4O3/c1-4-16-7-5-6-10-24(16)20-21-12-14(13-22-20)19(25)23-15-8-9-17(26-2)18(11-15)27-3/h8-9,11-13,16H,4-7,10H2,1-3H3,(H,23,25). The highest BCUT2D eigenvalue weighted by Crippen LogP contribution is 2.30. The van der Waals surface area contributed by atoms with Gasteiger partial charge in [-0.25, -0.2) is 9.97 Å². The zero-order valence-corrected chi connectivity index (χ0v) is 16.1. The molecule has 3 rings (SSSR count). The lowest BCUT2D eigenvalue weighted by molar-refractivity contribution is 0.102. The van der Waals surface area contributed by atoms with E-state index in [4.69, 9.17) is 9.47 Å². The van der Waals surface area contributed by atoms with Gasteiger partial charge in [-0.2, -0.15) is 0 Å². The number of carbonyl (C=O) groups excluding carboxylic acids is 1. The molecule has 1 atom stereocenters. The second-order valence-corrected chi connectivity index (χ2v) is 6.55. The Morgan fingerprint density at radius 2 is 1.93 bits per heavy atom. The van der Waals surface area contributed by atoms with Crippen LogP contribution in [-0.4, -0.2) is 42.7 Å². The van der Waals surface area contributed by atoms with Crippen LogP contribution in [0.4, 0.5) is 11.6 Å². The second kappa shape index (κ2) is 8.70. The number of piperidine rings is 1. The quantitative estimate of drug-likeness (QED) is 0.838. The molecule has 0 bridgehead atoms. The molecule has 1 aromatic carbocycles. The molecule has 1 saturated heterocycles. The number of benzene rings is 1. The first-order valence-electron chi connectivity index (χ1n) is 9.28. The van der Waals surface area contributed by atoms with Crippen molar-refractivity contribution in [1.29, 1.82) is 0 Å². The SMILES string of the molecule is CCC1CCCCN1c1ncc(C(=O)Nc2ccc(OC)c(OC)c2)cn1. The van der Waals surface area contributed by atoms with E-state index in [0.29, 0.717) is 34.7 Å². The van der Waals surface area contributed by atoms with Crippen molar-refractivity contribution in [2.75, 3.05) is 31.0 Å². The van der Waals surface area contributed by atoms with Gasteiger partial charge in [-0.05, 0) is 37.8 Å². The average molecular weight is 370 g/mol. The number of hydrogen-bond acceptors (Lipinski definition) is 6.